The molecular formula is C14H19BrO3. The van der Waals surface area contributed by atoms with E-state index in [4.69, 9.17) is 4.74 Å². The van der Waals surface area contributed by atoms with Crippen molar-refractivity contribution in [2.75, 3.05) is 7.11 Å². The van der Waals surface area contributed by atoms with Gasteiger partial charge in [-0.15, -0.1) is 0 Å². The fourth-order valence-corrected chi connectivity index (χ4v) is 2.19. The molecule has 0 fully saturated rings. The van der Waals surface area contributed by atoms with Crippen LogP contribution in [-0.2, 0) is 11.2 Å². The number of carbonyl (C=O) groups is 1. The topological polar surface area (TPSA) is 46.5 Å². The summed E-state index contributed by atoms with van der Waals surface area (Å²) in [7, 11) is 1.59. The summed E-state index contributed by atoms with van der Waals surface area (Å²) in [5.74, 6) is 0.558. The summed E-state index contributed by atoms with van der Waals surface area (Å²) in [6.45, 7) is 5.54. The first-order chi connectivity index (χ1) is 8.25. The lowest BCUT2D eigenvalue weighted by Crippen LogP contribution is -2.35. The van der Waals surface area contributed by atoms with Crippen molar-refractivity contribution < 1.29 is 14.6 Å². The van der Waals surface area contributed by atoms with Crippen LogP contribution < -0.4 is 4.74 Å². The molecule has 1 atom stereocenters. The Morgan fingerprint density at radius 1 is 1.44 bits per heavy atom. The van der Waals surface area contributed by atoms with Crippen LogP contribution in [0, 0.1) is 5.41 Å². The number of hydrogen-bond donors (Lipinski definition) is 1. The molecule has 1 rings (SSSR count). The highest BCUT2D eigenvalue weighted by atomic mass is 79.9. The minimum atomic E-state index is -0.946. The Morgan fingerprint density at radius 2 is 2.06 bits per heavy atom. The molecule has 0 aromatic heterocycles. The molecule has 0 aliphatic heterocycles. The first kappa shape index (κ1) is 15.2. The average molecular weight is 315 g/mol. The standard InChI is InChI=1S/C14H19BrO3/c1-14(2,3)13(17)11(16)8-9-5-6-12(18-4)10(15)7-9/h5-7,13,17H,8H2,1-4H3. The molecule has 1 unspecified atom stereocenters. The maximum atomic E-state index is 11.9. The van der Waals surface area contributed by atoms with Gasteiger partial charge in [0.1, 0.15) is 11.9 Å². The van der Waals surface area contributed by atoms with Crippen molar-refractivity contribution in [3.8, 4) is 5.75 Å². The number of ketones is 1. The van der Waals surface area contributed by atoms with Crippen molar-refractivity contribution in [1.29, 1.82) is 0 Å². The SMILES string of the molecule is COc1ccc(CC(=O)C(O)C(C)(C)C)cc1Br. The Bertz CT molecular complexity index is 435. The number of carbonyl (C=O) groups excluding carboxylic acids is 1. The third-order valence-electron chi connectivity index (χ3n) is 2.72. The van der Waals surface area contributed by atoms with Gasteiger partial charge in [0.15, 0.2) is 5.78 Å². The lowest BCUT2D eigenvalue weighted by molar-refractivity contribution is -0.131. The molecule has 1 N–H and O–H groups in total. The molecular weight excluding hydrogens is 296 g/mol. The van der Waals surface area contributed by atoms with Crippen LogP contribution in [0.15, 0.2) is 22.7 Å². The summed E-state index contributed by atoms with van der Waals surface area (Å²) < 4.78 is 5.93. The number of hydrogen-bond acceptors (Lipinski definition) is 3. The van der Waals surface area contributed by atoms with Gasteiger partial charge < -0.3 is 9.84 Å². The summed E-state index contributed by atoms with van der Waals surface area (Å²) in [4.78, 5) is 11.9. The number of methoxy groups -OCH3 is 1. The molecule has 0 radical (unpaired) electrons. The van der Waals surface area contributed by atoms with Gasteiger partial charge in [-0.3, -0.25) is 4.79 Å². The van der Waals surface area contributed by atoms with Crippen LogP contribution in [0.3, 0.4) is 0 Å². The Morgan fingerprint density at radius 3 is 2.50 bits per heavy atom. The van der Waals surface area contributed by atoms with E-state index in [1.807, 2.05) is 32.9 Å². The first-order valence-electron chi connectivity index (χ1n) is 5.79. The van der Waals surface area contributed by atoms with Crippen LogP contribution in [0.2, 0.25) is 0 Å². The third kappa shape index (κ3) is 3.82. The zero-order valence-electron chi connectivity index (χ0n) is 11.2. The predicted octanol–water partition coefficient (Wildman–Crippen LogP) is 2.98. The Balaban J connectivity index is 2.80. The van der Waals surface area contributed by atoms with Crippen molar-refractivity contribution in [1.82, 2.24) is 0 Å². The third-order valence-corrected chi connectivity index (χ3v) is 3.34. The molecule has 0 spiro atoms. The van der Waals surface area contributed by atoms with E-state index in [0.717, 1.165) is 15.8 Å². The lowest BCUT2D eigenvalue weighted by Gasteiger charge is -2.24. The van der Waals surface area contributed by atoms with Crippen molar-refractivity contribution in [3.05, 3.63) is 28.2 Å². The van der Waals surface area contributed by atoms with Crippen molar-refractivity contribution >= 4 is 21.7 Å². The van der Waals surface area contributed by atoms with Crippen LogP contribution in [0.25, 0.3) is 0 Å². The first-order valence-corrected chi connectivity index (χ1v) is 6.58. The number of ether oxygens (including phenoxy) is 1. The molecule has 0 amide bonds. The van der Waals surface area contributed by atoms with Gasteiger partial charge in [0, 0.05) is 6.42 Å². The van der Waals surface area contributed by atoms with Gasteiger partial charge in [-0.25, -0.2) is 0 Å². The smallest absolute Gasteiger partial charge is 0.166 e. The highest BCUT2D eigenvalue weighted by molar-refractivity contribution is 9.10. The van der Waals surface area contributed by atoms with Crippen molar-refractivity contribution in [3.63, 3.8) is 0 Å². The van der Waals surface area contributed by atoms with Crippen LogP contribution in [-0.4, -0.2) is 24.1 Å². The highest BCUT2D eigenvalue weighted by Crippen LogP contribution is 2.27. The van der Waals surface area contributed by atoms with Gasteiger partial charge in [0.25, 0.3) is 0 Å². The van der Waals surface area contributed by atoms with Crippen molar-refractivity contribution in [2.24, 2.45) is 5.41 Å². The summed E-state index contributed by atoms with van der Waals surface area (Å²) >= 11 is 3.37. The second kappa shape index (κ2) is 5.85. The van der Waals surface area contributed by atoms with E-state index >= 15 is 0 Å². The lowest BCUT2D eigenvalue weighted by atomic mass is 9.85. The van der Waals surface area contributed by atoms with E-state index < -0.39 is 11.5 Å². The quantitative estimate of drug-likeness (QED) is 0.929. The summed E-state index contributed by atoms with van der Waals surface area (Å²) in [6.07, 6.45) is -0.723. The molecule has 18 heavy (non-hydrogen) atoms. The Kier molecular flexibility index (Phi) is 4.93. The van der Waals surface area contributed by atoms with Crippen LogP contribution in [0.4, 0.5) is 0 Å². The fraction of sp³-hybridized carbons (Fsp3) is 0.500. The van der Waals surface area contributed by atoms with Crippen molar-refractivity contribution in [2.45, 2.75) is 33.3 Å². The van der Waals surface area contributed by atoms with E-state index in [9.17, 15) is 9.90 Å². The van der Waals surface area contributed by atoms with Crippen LogP contribution in [0.1, 0.15) is 26.3 Å². The normalized spacial score (nSPS) is 13.2. The van der Waals surface area contributed by atoms with E-state index in [0.29, 0.717) is 0 Å². The van der Waals surface area contributed by atoms with E-state index in [1.165, 1.54) is 0 Å². The highest BCUT2D eigenvalue weighted by Gasteiger charge is 2.28. The Labute approximate surface area is 116 Å². The van der Waals surface area contributed by atoms with E-state index in [2.05, 4.69) is 15.9 Å². The molecule has 0 aliphatic carbocycles. The van der Waals surface area contributed by atoms with E-state index in [1.54, 1.807) is 13.2 Å². The molecule has 0 aliphatic rings. The number of aliphatic hydroxyl groups excluding tert-OH is 1. The van der Waals surface area contributed by atoms with Gasteiger partial charge in [-0.1, -0.05) is 26.8 Å². The zero-order chi connectivity index (χ0) is 13.9. The predicted molar refractivity (Wildman–Crippen MR) is 74.9 cm³/mol. The number of Topliss-reactive ketones (excluding diaryl/α,β-unsaturated/α-hetero) is 1. The molecule has 0 heterocycles. The number of rotatable bonds is 4. The number of aliphatic hydroxyl groups is 1. The van der Waals surface area contributed by atoms with Crippen LogP contribution >= 0.6 is 15.9 Å². The molecule has 3 nitrogen and oxygen atoms in total. The summed E-state index contributed by atoms with van der Waals surface area (Å²) in [5, 5.41) is 9.90. The zero-order valence-corrected chi connectivity index (χ0v) is 12.7. The fourth-order valence-electron chi connectivity index (χ4n) is 1.60. The van der Waals surface area contributed by atoms with Crippen LogP contribution in [0.5, 0.6) is 5.75 Å². The number of benzene rings is 1. The molecule has 100 valence electrons. The van der Waals surface area contributed by atoms with Gasteiger partial charge in [0.2, 0.25) is 0 Å². The minimum absolute atomic E-state index is 0.167. The molecule has 0 bridgehead atoms. The molecule has 4 heteroatoms. The number of halogens is 1. The van der Waals surface area contributed by atoms with Gasteiger partial charge in [-0.2, -0.15) is 0 Å². The van der Waals surface area contributed by atoms with Gasteiger partial charge in [0.05, 0.1) is 11.6 Å². The summed E-state index contributed by atoms with van der Waals surface area (Å²) in [5.41, 5.74) is 0.428. The van der Waals surface area contributed by atoms with E-state index in [-0.39, 0.29) is 12.2 Å². The maximum absolute atomic E-state index is 11.9. The molecule has 0 saturated carbocycles. The van der Waals surface area contributed by atoms with Gasteiger partial charge in [-0.05, 0) is 39.0 Å². The molecule has 0 saturated heterocycles. The Hall–Kier alpha value is -0.870. The summed E-state index contributed by atoms with van der Waals surface area (Å²) in [6, 6.07) is 5.47. The second-order valence-electron chi connectivity index (χ2n) is 5.38. The average Bonchev–Trinajstić information content (AvgIpc) is 2.27. The molecule has 1 aromatic rings. The molecule has 1 aromatic carbocycles. The monoisotopic (exact) mass is 314 g/mol. The second-order valence-corrected chi connectivity index (χ2v) is 6.23. The van der Waals surface area contributed by atoms with Gasteiger partial charge >= 0.3 is 0 Å². The maximum Gasteiger partial charge on any atom is 0.166 e. The largest absolute Gasteiger partial charge is 0.496 e. The minimum Gasteiger partial charge on any atom is -0.496 e.